The molecule has 0 aliphatic carbocycles. The van der Waals surface area contributed by atoms with Crippen LogP contribution in [0.3, 0.4) is 0 Å². The minimum Gasteiger partial charge on any atom is -0.385 e. The maximum absolute atomic E-state index is 5.15. The number of alkyl halides is 1. The zero-order valence-corrected chi connectivity index (χ0v) is 13.2. The maximum Gasteiger partial charge on any atom is 0.0589 e. The van der Waals surface area contributed by atoms with Crippen LogP contribution in [0.2, 0.25) is 0 Å². The van der Waals surface area contributed by atoms with E-state index in [2.05, 4.69) is 27.8 Å². The van der Waals surface area contributed by atoms with Crippen LogP contribution in [0.25, 0.3) is 0 Å². The van der Waals surface area contributed by atoms with Crippen LogP contribution < -0.4 is 0 Å². The van der Waals surface area contributed by atoms with Crippen molar-refractivity contribution in [1.29, 1.82) is 0 Å². The summed E-state index contributed by atoms with van der Waals surface area (Å²) in [6.45, 7) is 7.30. The molecule has 3 nitrogen and oxygen atoms in total. The highest BCUT2D eigenvalue weighted by Crippen LogP contribution is 2.10. The molecule has 0 aromatic heterocycles. The molecule has 0 N–H and O–H groups in total. The maximum atomic E-state index is 5.15. The van der Waals surface area contributed by atoms with E-state index in [-0.39, 0.29) is 0 Å². The monoisotopic (exact) mass is 309 g/mol. The van der Waals surface area contributed by atoms with Crippen LogP contribution in [0.1, 0.15) is 26.2 Å². The van der Waals surface area contributed by atoms with E-state index >= 15 is 0 Å². The highest BCUT2D eigenvalue weighted by atomic mass is 79.9. The van der Waals surface area contributed by atoms with E-state index < -0.39 is 0 Å². The summed E-state index contributed by atoms with van der Waals surface area (Å²) in [5.74, 6) is 0.793. The van der Waals surface area contributed by atoms with Crippen LogP contribution >= 0.6 is 15.9 Å². The molecule has 0 saturated heterocycles. The van der Waals surface area contributed by atoms with Gasteiger partial charge in [-0.2, -0.15) is 0 Å². The van der Waals surface area contributed by atoms with Gasteiger partial charge < -0.3 is 14.4 Å². The second-order valence-electron chi connectivity index (χ2n) is 4.55. The predicted octanol–water partition coefficient (Wildman–Crippen LogP) is 2.78. The lowest BCUT2D eigenvalue weighted by molar-refractivity contribution is 0.129. The molecule has 1 atom stereocenters. The van der Waals surface area contributed by atoms with E-state index in [1.807, 2.05) is 0 Å². The summed E-state index contributed by atoms with van der Waals surface area (Å²) in [6.07, 6.45) is 3.63. The SMILES string of the molecule is COCCCN(CCOC)CCC(C)CCBr. The Balaban J connectivity index is 3.74. The molecule has 0 amide bonds. The molecule has 0 aliphatic heterocycles. The third kappa shape index (κ3) is 11.2. The summed E-state index contributed by atoms with van der Waals surface area (Å²) in [7, 11) is 3.53. The van der Waals surface area contributed by atoms with Crippen molar-refractivity contribution in [3.8, 4) is 0 Å². The molecule has 0 aliphatic rings. The van der Waals surface area contributed by atoms with E-state index in [9.17, 15) is 0 Å². The van der Waals surface area contributed by atoms with E-state index in [1.165, 1.54) is 19.4 Å². The summed E-state index contributed by atoms with van der Waals surface area (Å²) in [5.41, 5.74) is 0. The third-order valence-corrected chi connectivity index (χ3v) is 3.43. The van der Waals surface area contributed by atoms with Gasteiger partial charge in [0.15, 0.2) is 0 Å². The number of hydrogen-bond acceptors (Lipinski definition) is 3. The first-order valence-corrected chi connectivity index (χ1v) is 7.63. The lowest BCUT2D eigenvalue weighted by Gasteiger charge is -2.23. The summed E-state index contributed by atoms with van der Waals surface area (Å²) < 4.78 is 10.2. The van der Waals surface area contributed by atoms with Crippen LogP contribution in [0.5, 0.6) is 0 Å². The molecule has 0 rings (SSSR count). The molecule has 0 bridgehead atoms. The van der Waals surface area contributed by atoms with Crippen molar-refractivity contribution in [2.75, 3.05) is 52.4 Å². The van der Waals surface area contributed by atoms with Gasteiger partial charge in [-0.1, -0.05) is 22.9 Å². The molecule has 0 radical (unpaired) electrons. The Morgan fingerprint density at radius 3 is 2.29 bits per heavy atom. The van der Waals surface area contributed by atoms with Gasteiger partial charge in [0.2, 0.25) is 0 Å². The lowest BCUT2D eigenvalue weighted by atomic mass is 10.1. The number of rotatable bonds is 12. The van der Waals surface area contributed by atoms with Gasteiger partial charge in [-0.25, -0.2) is 0 Å². The number of hydrogen-bond donors (Lipinski definition) is 0. The Hall–Kier alpha value is 0.360. The summed E-state index contributed by atoms with van der Waals surface area (Å²) in [5, 5.41) is 1.11. The zero-order chi connectivity index (χ0) is 12.9. The van der Waals surface area contributed by atoms with Gasteiger partial charge in [-0.3, -0.25) is 0 Å². The van der Waals surface area contributed by atoms with Crippen LogP contribution in [0, 0.1) is 5.92 Å². The van der Waals surface area contributed by atoms with E-state index in [0.717, 1.165) is 44.0 Å². The summed E-state index contributed by atoms with van der Waals surface area (Å²) >= 11 is 3.50. The highest BCUT2D eigenvalue weighted by Gasteiger charge is 2.07. The molecule has 104 valence electrons. The fourth-order valence-corrected chi connectivity index (χ4v) is 2.50. The molecular formula is C13H28BrNO2. The fourth-order valence-electron chi connectivity index (χ4n) is 1.72. The van der Waals surface area contributed by atoms with Crippen molar-refractivity contribution in [2.24, 2.45) is 5.92 Å². The quantitative estimate of drug-likeness (QED) is 0.409. The van der Waals surface area contributed by atoms with Crippen LogP contribution in [-0.4, -0.2) is 57.3 Å². The van der Waals surface area contributed by atoms with Crippen LogP contribution in [-0.2, 0) is 9.47 Å². The van der Waals surface area contributed by atoms with Gasteiger partial charge in [0.1, 0.15) is 0 Å². The van der Waals surface area contributed by atoms with E-state index in [1.54, 1.807) is 14.2 Å². The average Bonchev–Trinajstić information content (AvgIpc) is 2.32. The molecule has 0 aromatic rings. The first kappa shape index (κ1) is 17.4. The number of halogens is 1. The summed E-state index contributed by atoms with van der Waals surface area (Å²) in [6, 6.07) is 0. The second-order valence-corrected chi connectivity index (χ2v) is 5.35. The van der Waals surface area contributed by atoms with Gasteiger partial charge in [0, 0.05) is 39.2 Å². The molecule has 0 fully saturated rings. The number of nitrogens with zero attached hydrogens (tertiary/aromatic N) is 1. The fraction of sp³-hybridized carbons (Fsp3) is 1.00. The van der Waals surface area contributed by atoms with E-state index in [0.29, 0.717) is 0 Å². The molecule has 0 spiro atoms. The topological polar surface area (TPSA) is 21.7 Å². The highest BCUT2D eigenvalue weighted by molar-refractivity contribution is 9.09. The Morgan fingerprint density at radius 2 is 1.71 bits per heavy atom. The Bertz CT molecular complexity index is 158. The van der Waals surface area contributed by atoms with Crippen molar-refractivity contribution in [3.05, 3.63) is 0 Å². The van der Waals surface area contributed by atoms with Crippen molar-refractivity contribution in [3.63, 3.8) is 0 Å². The van der Waals surface area contributed by atoms with Crippen molar-refractivity contribution in [2.45, 2.75) is 26.2 Å². The predicted molar refractivity (Wildman–Crippen MR) is 77.0 cm³/mol. The molecule has 0 heterocycles. The largest absolute Gasteiger partial charge is 0.385 e. The standard InChI is InChI=1S/C13H28BrNO2/c1-13(5-7-14)6-9-15(10-12-17-3)8-4-11-16-2/h13H,4-12H2,1-3H3. The van der Waals surface area contributed by atoms with Crippen molar-refractivity contribution >= 4 is 15.9 Å². The molecule has 1 unspecified atom stereocenters. The average molecular weight is 310 g/mol. The minimum absolute atomic E-state index is 0.793. The molecule has 17 heavy (non-hydrogen) atoms. The molecular weight excluding hydrogens is 282 g/mol. The van der Waals surface area contributed by atoms with Crippen molar-refractivity contribution in [1.82, 2.24) is 4.90 Å². The number of methoxy groups -OCH3 is 2. The lowest BCUT2D eigenvalue weighted by Crippen LogP contribution is -2.31. The molecule has 0 aromatic carbocycles. The minimum atomic E-state index is 0.793. The van der Waals surface area contributed by atoms with Gasteiger partial charge in [-0.15, -0.1) is 0 Å². The van der Waals surface area contributed by atoms with Gasteiger partial charge >= 0.3 is 0 Å². The Labute approximate surface area is 115 Å². The molecule has 0 saturated carbocycles. The van der Waals surface area contributed by atoms with Crippen LogP contribution in [0.4, 0.5) is 0 Å². The van der Waals surface area contributed by atoms with Gasteiger partial charge in [0.25, 0.3) is 0 Å². The smallest absolute Gasteiger partial charge is 0.0589 e. The summed E-state index contributed by atoms with van der Waals surface area (Å²) in [4.78, 5) is 2.48. The van der Waals surface area contributed by atoms with E-state index in [4.69, 9.17) is 9.47 Å². The zero-order valence-electron chi connectivity index (χ0n) is 11.6. The first-order valence-electron chi connectivity index (χ1n) is 6.50. The van der Waals surface area contributed by atoms with Gasteiger partial charge in [-0.05, 0) is 31.7 Å². The van der Waals surface area contributed by atoms with Crippen molar-refractivity contribution < 1.29 is 9.47 Å². The third-order valence-electron chi connectivity index (χ3n) is 2.97. The number of ether oxygens (including phenoxy) is 2. The second kappa shape index (κ2) is 12.8. The van der Waals surface area contributed by atoms with Crippen LogP contribution in [0.15, 0.2) is 0 Å². The first-order chi connectivity index (χ1) is 8.24. The molecule has 4 heteroatoms. The Kier molecular flexibility index (Phi) is 13.1. The Morgan fingerprint density at radius 1 is 1.00 bits per heavy atom. The van der Waals surface area contributed by atoms with Gasteiger partial charge in [0.05, 0.1) is 6.61 Å². The normalized spacial score (nSPS) is 13.2.